The van der Waals surface area contributed by atoms with Gasteiger partial charge in [-0.15, -0.1) is 0 Å². The lowest BCUT2D eigenvalue weighted by molar-refractivity contribution is -0.483. The summed E-state index contributed by atoms with van der Waals surface area (Å²) < 4.78 is 10.7. The van der Waals surface area contributed by atoms with Gasteiger partial charge >= 0.3 is 0 Å². The molecule has 1 heterocycles. The van der Waals surface area contributed by atoms with Gasteiger partial charge in [-0.1, -0.05) is 30.3 Å². The largest absolute Gasteiger partial charge is 0.376 e. The van der Waals surface area contributed by atoms with Gasteiger partial charge in [-0.25, -0.2) is 4.89 Å². The van der Waals surface area contributed by atoms with Crippen LogP contribution in [0.1, 0.15) is 25.0 Å². The van der Waals surface area contributed by atoms with Gasteiger partial charge in [0.05, 0.1) is 0 Å². The second-order valence-corrected chi connectivity index (χ2v) is 4.26. The van der Waals surface area contributed by atoms with Gasteiger partial charge in [-0.3, -0.25) is 0 Å². The van der Waals surface area contributed by atoms with E-state index in [1.165, 1.54) is 0 Å². The van der Waals surface area contributed by atoms with Crippen molar-refractivity contribution in [1.29, 1.82) is 0 Å². The van der Waals surface area contributed by atoms with Crippen LogP contribution in [0.3, 0.4) is 0 Å². The zero-order valence-corrected chi connectivity index (χ0v) is 10.4. The maximum atomic E-state index is 5.42. The van der Waals surface area contributed by atoms with Gasteiger partial charge in [-0.2, -0.15) is 4.89 Å². The smallest absolute Gasteiger partial charge is 0.225 e. The Bertz CT molecular complexity index is 354. The minimum absolute atomic E-state index is 0.121. The second kappa shape index (κ2) is 5.14. The molecular weight excluding hydrogens is 220 g/mol. The summed E-state index contributed by atoms with van der Waals surface area (Å²) in [6, 6.07) is 9.95. The fourth-order valence-electron chi connectivity index (χ4n) is 1.99. The SMILES string of the molecule is COC1CC(c2ccccc2)OOC1(C)OC. The average Bonchev–Trinajstić information content (AvgIpc) is 2.40. The molecule has 0 radical (unpaired) electrons. The minimum Gasteiger partial charge on any atom is -0.376 e. The number of hydrogen-bond donors (Lipinski definition) is 0. The van der Waals surface area contributed by atoms with Gasteiger partial charge in [-0.05, 0) is 12.5 Å². The summed E-state index contributed by atoms with van der Waals surface area (Å²) in [5.41, 5.74) is 1.08. The predicted molar refractivity (Wildman–Crippen MR) is 62.2 cm³/mol. The Balaban J connectivity index is 2.12. The molecule has 3 unspecified atom stereocenters. The monoisotopic (exact) mass is 238 g/mol. The van der Waals surface area contributed by atoms with E-state index in [-0.39, 0.29) is 12.2 Å². The number of hydrogen-bond acceptors (Lipinski definition) is 4. The van der Waals surface area contributed by atoms with Crippen LogP contribution in [0.15, 0.2) is 30.3 Å². The highest BCUT2D eigenvalue weighted by molar-refractivity contribution is 5.18. The predicted octanol–water partition coefficient (Wildman–Crippen LogP) is 2.46. The minimum atomic E-state index is -0.847. The first-order valence-electron chi connectivity index (χ1n) is 5.67. The van der Waals surface area contributed by atoms with E-state index in [9.17, 15) is 0 Å². The van der Waals surface area contributed by atoms with Crippen LogP contribution in [-0.2, 0) is 19.2 Å². The number of methoxy groups -OCH3 is 2. The van der Waals surface area contributed by atoms with Crippen molar-refractivity contribution in [2.75, 3.05) is 14.2 Å². The standard InChI is InChI=1S/C13H18O4/c1-13(15-3)12(14-2)9-11(16-17-13)10-7-5-4-6-8-10/h4-8,11-12H,9H2,1-3H3. The van der Waals surface area contributed by atoms with Gasteiger partial charge < -0.3 is 9.47 Å². The first-order valence-corrected chi connectivity index (χ1v) is 5.67. The van der Waals surface area contributed by atoms with Crippen LogP contribution < -0.4 is 0 Å². The number of rotatable bonds is 3. The van der Waals surface area contributed by atoms with Crippen molar-refractivity contribution in [3.05, 3.63) is 35.9 Å². The molecule has 94 valence electrons. The van der Waals surface area contributed by atoms with Crippen LogP contribution >= 0.6 is 0 Å². The van der Waals surface area contributed by atoms with Crippen molar-refractivity contribution in [2.24, 2.45) is 0 Å². The normalized spacial score (nSPS) is 33.6. The van der Waals surface area contributed by atoms with E-state index < -0.39 is 5.79 Å². The first kappa shape index (κ1) is 12.5. The summed E-state index contributed by atoms with van der Waals surface area (Å²) in [6.45, 7) is 1.81. The third kappa shape index (κ3) is 2.50. The van der Waals surface area contributed by atoms with E-state index in [2.05, 4.69) is 0 Å². The van der Waals surface area contributed by atoms with Crippen LogP contribution in [0.25, 0.3) is 0 Å². The van der Waals surface area contributed by atoms with Crippen LogP contribution in [0.5, 0.6) is 0 Å². The molecule has 0 N–H and O–H groups in total. The lowest BCUT2D eigenvalue weighted by atomic mass is 9.98. The van der Waals surface area contributed by atoms with Crippen molar-refractivity contribution in [3.8, 4) is 0 Å². The maximum absolute atomic E-state index is 5.42. The van der Waals surface area contributed by atoms with E-state index in [0.29, 0.717) is 6.42 Å². The Labute approximate surface area is 101 Å². The third-order valence-electron chi connectivity index (χ3n) is 3.20. The number of ether oxygens (including phenoxy) is 2. The number of benzene rings is 1. The highest BCUT2D eigenvalue weighted by Gasteiger charge is 2.44. The van der Waals surface area contributed by atoms with Crippen molar-refractivity contribution in [3.63, 3.8) is 0 Å². The fourth-order valence-corrected chi connectivity index (χ4v) is 1.99. The Hall–Kier alpha value is -0.940. The summed E-state index contributed by atoms with van der Waals surface area (Å²) >= 11 is 0. The van der Waals surface area contributed by atoms with Crippen LogP contribution in [0.2, 0.25) is 0 Å². The van der Waals surface area contributed by atoms with Gasteiger partial charge in [0.2, 0.25) is 5.79 Å². The quantitative estimate of drug-likeness (QED) is 0.758. The van der Waals surface area contributed by atoms with E-state index >= 15 is 0 Å². The van der Waals surface area contributed by atoms with Crippen LogP contribution in [-0.4, -0.2) is 26.1 Å². The topological polar surface area (TPSA) is 36.9 Å². The van der Waals surface area contributed by atoms with Gasteiger partial charge in [0.1, 0.15) is 12.2 Å². The second-order valence-electron chi connectivity index (χ2n) is 4.26. The highest BCUT2D eigenvalue weighted by atomic mass is 17.2. The van der Waals surface area contributed by atoms with Gasteiger partial charge in [0.25, 0.3) is 0 Å². The molecule has 3 atom stereocenters. The molecule has 0 bridgehead atoms. The molecule has 1 aromatic rings. The van der Waals surface area contributed by atoms with Gasteiger partial charge in [0.15, 0.2) is 0 Å². The Morgan fingerprint density at radius 2 is 1.94 bits per heavy atom. The van der Waals surface area contributed by atoms with Crippen molar-refractivity contribution in [2.45, 2.75) is 31.3 Å². The summed E-state index contributed by atoms with van der Waals surface area (Å²) in [4.78, 5) is 10.7. The fraction of sp³-hybridized carbons (Fsp3) is 0.538. The lowest BCUT2D eigenvalue weighted by Gasteiger charge is -2.40. The summed E-state index contributed by atoms with van der Waals surface area (Å²) in [5, 5.41) is 0. The Kier molecular flexibility index (Phi) is 3.79. The molecule has 0 spiro atoms. The molecule has 0 saturated carbocycles. The van der Waals surface area contributed by atoms with Crippen molar-refractivity contribution >= 4 is 0 Å². The van der Waals surface area contributed by atoms with Gasteiger partial charge in [0, 0.05) is 20.6 Å². The summed E-state index contributed by atoms with van der Waals surface area (Å²) in [7, 11) is 3.23. The molecule has 0 aliphatic carbocycles. The van der Waals surface area contributed by atoms with E-state index in [4.69, 9.17) is 19.2 Å². The molecule has 1 aromatic carbocycles. The molecule has 4 heteroatoms. The molecule has 0 amide bonds. The first-order chi connectivity index (χ1) is 8.19. The van der Waals surface area contributed by atoms with Crippen molar-refractivity contribution < 1.29 is 19.2 Å². The lowest BCUT2D eigenvalue weighted by Crippen LogP contribution is -2.49. The van der Waals surface area contributed by atoms with E-state index in [0.717, 1.165) is 5.56 Å². The van der Waals surface area contributed by atoms with E-state index in [1.54, 1.807) is 14.2 Å². The molecule has 2 rings (SSSR count). The molecule has 17 heavy (non-hydrogen) atoms. The maximum Gasteiger partial charge on any atom is 0.225 e. The van der Waals surface area contributed by atoms with Crippen LogP contribution in [0.4, 0.5) is 0 Å². The Morgan fingerprint density at radius 3 is 2.53 bits per heavy atom. The molecule has 1 fully saturated rings. The van der Waals surface area contributed by atoms with Crippen molar-refractivity contribution in [1.82, 2.24) is 0 Å². The van der Waals surface area contributed by atoms with E-state index in [1.807, 2.05) is 37.3 Å². The average molecular weight is 238 g/mol. The summed E-state index contributed by atoms with van der Waals surface area (Å²) in [5.74, 6) is -0.847. The molecule has 1 aliphatic heterocycles. The third-order valence-corrected chi connectivity index (χ3v) is 3.20. The van der Waals surface area contributed by atoms with Crippen LogP contribution in [0, 0.1) is 0 Å². The molecule has 0 aromatic heterocycles. The summed E-state index contributed by atoms with van der Waals surface area (Å²) in [6.07, 6.45) is 0.418. The highest BCUT2D eigenvalue weighted by Crippen LogP contribution is 2.36. The molecule has 1 saturated heterocycles. The molecule has 1 aliphatic rings. The Morgan fingerprint density at radius 1 is 1.24 bits per heavy atom. The zero-order valence-electron chi connectivity index (χ0n) is 10.4. The zero-order chi connectivity index (χ0) is 12.3. The molecular formula is C13H18O4. The molecule has 4 nitrogen and oxygen atoms in total.